The van der Waals surface area contributed by atoms with Crippen LogP contribution in [0.4, 0.5) is 11.4 Å². The molecule has 1 N–H and O–H groups in total. The third-order valence-electron chi connectivity index (χ3n) is 3.33. The zero-order chi connectivity index (χ0) is 15.9. The van der Waals surface area contributed by atoms with Gasteiger partial charge in [0.1, 0.15) is 0 Å². The molecule has 0 fully saturated rings. The van der Waals surface area contributed by atoms with Gasteiger partial charge in [0.15, 0.2) is 0 Å². The molecule has 4 heteroatoms. The van der Waals surface area contributed by atoms with Gasteiger partial charge in [-0.25, -0.2) is 10.5 Å². The van der Waals surface area contributed by atoms with Crippen LogP contribution in [-0.2, 0) is 0 Å². The number of amidine groups is 1. The number of hydrazone groups is 1. The van der Waals surface area contributed by atoms with Gasteiger partial charge in [-0.3, -0.25) is 0 Å². The Bertz CT molecular complexity index is 744. The van der Waals surface area contributed by atoms with Crippen molar-refractivity contribution >= 4 is 17.2 Å². The topological polar surface area (TPSA) is 51.8 Å². The number of nitrogens with zero attached hydrogens (tertiary/aromatic N) is 3. The summed E-state index contributed by atoms with van der Waals surface area (Å²) in [4.78, 5) is 0. The fraction of sp³-hybridized carbons (Fsp3) is 0. The molecule has 0 aliphatic heterocycles. The minimum absolute atomic E-state index is 0.360. The highest BCUT2D eigenvalue weighted by atomic mass is 15.5. The largest absolute Gasteiger partial charge is 0.232 e. The van der Waals surface area contributed by atoms with Crippen LogP contribution in [0.3, 0.4) is 0 Å². The van der Waals surface area contributed by atoms with Crippen LogP contribution in [0, 0.1) is 5.53 Å². The van der Waals surface area contributed by atoms with Crippen molar-refractivity contribution < 1.29 is 0 Å². The zero-order valence-corrected chi connectivity index (χ0v) is 12.5. The first-order valence-corrected chi connectivity index (χ1v) is 7.30. The number of benzene rings is 3. The molecule has 3 aromatic rings. The molecule has 0 heterocycles. The van der Waals surface area contributed by atoms with Crippen LogP contribution in [0.15, 0.2) is 101 Å². The minimum atomic E-state index is 0.360. The third-order valence-corrected chi connectivity index (χ3v) is 3.33. The lowest BCUT2D eigenvalue weighted by molar-refractivity contribution is 1.05. The molecular formula is C19H16N4. The summed E-state index contributed by atoms with van der Waals surface area (Å²) in [5, 5.41) is 10.0. The van der Waals surface area contributed by atoms with E-state index in [9.17, 15) is 0 Å². The molecular weight excluding hydrogens is 284 g/mol. The number of anilines is 2. The molecule has 3 aromatic carbocycles. The summed E-state index contributed by atoms with van der Waals surface area (Å²) in [6.45, 7) is 0. The average Bonchev–Trinajstić information content (AvgIpc) is 2.65. The van der Waals surface area contributed by atoms with Gasteiger partial charge in [-0.1, -0.05) is 66.7 Å². The molecule has 0 radical (unpaired) electrons. The quantitative estimate of drug-likeness (QED) is 0.305. The van der Waals surface area contributed by atoms with Gasteiger partial charge in [-0.05, 0) is 24.3 Å². The monoisotopic (exact) mass is 300 g/mol. The summed E-state index contributed by atoms with van der Waals surface area (Å²) in [6, 6.07) is 29.2. The maximum Gasteiger partial charge on any atom is 0.201 e. The van der Waals surface area contributed by atoms with Crippen LogP contribution in [0.1, 0.15) is 5.56 Å². The molecule has 0 aliphatic rings. The normalized spacial score (nSPS) is 11.0. The molecule has 0 bridgehead atoms. The molecule has 0 aliphatic carbocycles. The second-order valence-electron chi connectivity index (χ2n) is 4.88. The van der Waals surface area contributed by atoms with E-state index in [1.165, 1.54) is 0 Å². The fourth-order valence-corrected chi connectivity index (χ4v) is 2.23. The van der Waals surface area contributed by atoms with Crippen molar-refractivity contribution in [3.05, 3.63) is 96.6 Å². The van der Waals surface area contributed by atoms with Crippen LogP contribution in [0.5, 0.6) is 0 Å². The Balaban J connectivity index is 2.09. The summed E-state index contributed by atoms with van der Waals surface area (Å²) in [5.41, 5.74) is 10.1. The highest BCUT2D eigenvalue weighted by Gasteiger charge is 2.10. The number of rotatable bonds is 4. The number of para-hydroxylation sites is 2. The third kappa shape index (κ3) is 3.49. The van der Waals surface area contributed by atoms with Crippen molar-refractivity contribution in [2.45, 2.75) is 0 Å². The van der Waals surface area contributed by atoms with Crippen molar-refractivity contribution in [2.24, 2.45) is 10.2 Å². The van der Waals surface area contributed by atoms with Crippen molar-refractivity contribution in [3.8, 4) is 0 Å². The van der Waals surface area contributed by atoms with Crippen molar-refractivity contribution in [3.63, 3.8) is 0 Å². The Kier molecular flexibility index (Phi) is 4.55. The number of nitrogens with one attached hydrogen (secondary N) is 1. The molecule has 0 aromatic heterocycles. The Morgan fingerprint density at radius 2 is 1.09 bits per heavy atom. The molecule has 112 valence electrons. The van der Waals surface area contributed by atoms with Gasteiger partial charge < -0.3 is 0 Å². The van der Waals surface area contributed by atoms with E-state index in [2.05, 4.69) is 10.2 Å². The van der Waals surface area contributed by atoms with Gasteiger partial charge in [-0.15, -0.1) is 10.2 Å². The molecule has 0 unspecified atom stereocenters. The van der Waals surface area contributed by atoms with Gasteiger partial charge in [0, 0.05) is 5.56 Å². The first kappa shape index (κ1) is 14.7. The van der Waals surface area contributed by atoms with Crippen LogP contribution in [-0.4, -0.2) is 5.84 Å². The van der Waals surface area contributed by atoms with Gasteiger partial charge in [0.05, 0.1) is 11.4 Å². The van der Waals surface area contributed by atoms with E-state index in [4.69, 9.17) is 5.53 Å². The molecule has 0 saturated heterocycles. The smallest absolute Gasteiger partial charge is 0.201 e. The minimum Gasteiger partial charge on any atom is -0.232 e. The SMILES string of the molecule is N=NC(=NN(c1ccccc1)c1ccccc1)c1ccccc1. The Morgan fingerprint density at radius 3 is 1.52 bits per heavy atom. The van der Waals surface area contributed by atoms with E-state index in [0.29, 0.717) is 5.84 Å². The summed E-state index contributed by atoms with van der Waals surface area (Å²) >= 11 is 0. The van der Waals surface area contributed by atoms with E-state index in [1.807, 2.05) is 91.0 Å². The van der Waals surface area contributed by atoms with Gasteiger partial charge in [-0.2, -0.15) is 0 Å². The predicted molar refractivity (Wildman–Crippen MR) is 93.1 cm³/mol. The highest BCUT2D eigenvalue weighted by molar-refractivity contribution is 5.99. The van der Waals surface area contributed by atoms with Crippen LogP contribution in [0.25, 0.3) is 0 Å². The number of hydrogen-bond acceptors (Lipinski definition) is 3. The van der Waals surface area contributed by atoms with Crippen LogP contribution < -0.4 is 5.01 Å². The molecule has 0 spiro atoms. The molecule has 3 rings (SSSR count). The van der Waals surface area contributed by atoms with Crippen molar-refractivity contribution in [1.82, 2.24) is 0 Å². The van der Waals surface area contributed by atoms with Crippen molar-refractivity contribution in [2.75, 3.05) is 5.01 Å². The predicted octanol–water partition coefficient (Wildman–Crippen LogP) is 5.22. The molecule has 0 atom stereocenters. The maximum atomic E-state index is 7.48. The summed E-state index contributed by atoms with van der Waals surface area (Å²) in [5.74, 6) is 0.360. The van der Waals surface area contributed by atoms with E-state index in [0.717, 1.165) is 16.9 Å². The summed E-state index contributed by atoms with van der Waals surface area (Å²) < 4.78 is 0. The summed E-state index contributed by atoms with van der Waals surface area (Å²) in [7, 11) is 0. The highest BCUT2D eigenvalue weighted by Crippen LogP contribution is 2.26. The average molecular weight is 300 g/mol. The van der Waals surface area contributed by atoms with Crippen LogP contribution in [0.2, 0.25) is 0 Å². The first-order chi connectivity index (χ1) is 11.4. The molecule has 4 nitrogen and oxygen atoms in total. The summed E-state index contributed by atoms with van der Waals surface area (Å²) in [6.07, 6.45) is 0. The van der Waals surface area contributed by atoms with E-state index >= 15 is 0 Å². The Labute approximate surface area is 135 Å². The first-order valence-electron chi connectivity index (χ1n) is 7.30. The fourth-order valence-electron chi connectivity index (χ4n) is 2.23. The lowest BCUT2D eigenvalue weighted by Crippen LogP contribution is -2.12. The standard InChI is InChI=1S/C19H16N4/c20-21-19(16-10-4-1-5-11-16)22-23(17-12-6-2-7-13-17)18-14-8-3-9-15-18/h1-15,20H. The van der Waals surface area contributed by atoms with E-state index in [-0.39, 0.29) is 0 Å². The molecule has 0 saturated carbocycles. The van der Waals surface area contributed by atoms with E-state index in [1.54, 1.807) is 5.01 Å². The molecule has 23 heavy (non-hydrogen) atoms. The second-order valence-corrected chi connectivity index (χ2v) is 4.88. The Hall–Kier alpha value is -3.27. The van der Waals surface area contributed by atoms with E-state index < -0.39 is 0 Å². The van der Waals surface area contributed by atoms with Crippen LogP contribution >= 0.6 is 0 Å². The van der Waals surface area contributed by atoms with Gasteiger partial charge >= 0.3 is 0 Å². The zero-order valence-electron chi connectivity index (χ0n) is 12.5. The van der Waals surface area contributed by atoms with Crippen molar-refractivity contribution in [1.29, 1.82) is 5.53 Å². The molecule has 0 amide bonds. The lowest BCUT2D eigenvalue weighted by atomic mass is 10.2. The second kappa shape index (κ2) is 7.13. The Morgan fingerprint density at radius 1 is 0.652 bits per heavy atom. The van der Waals surface area contributed by atoms with Gasteiger partial charge in [0.25, 0.3) is 0 Å². The van der Waals surface area contributed by atoms with Gasteiger partial charge in [0.2, 0.25) is 5.84 Å². The maximum absolute atomic E-state index is 7.48. The number of hydrogen-bond donors (Lipinski definition) is 1. The lowest BCUT2D eigenvalue weighted by Gasteiger charge is -2.20.